The Morgan fingerprint density at radius 1 is 1.18 bits per heavy atom. The molecule has 1 amide bonds. The van der Waals surface area contributed by atoms with Gasteiger partial charge in [0.1, 0.15) is 11.4 Å². The number of thiazole rings is 1. The zero-order chi connectivity index (χ0) is 27.0. The normalized spacial score (nSPS) is 17.7. The van der Waals surface area contributed by atoms with Crippen LogP contribution in [-0.4, -0.2) is 54.8 Å². The minimum atomic E-state index is -0.443. The molecule has 1 aromatic carbocycles. The van der Waals surface area contributed by atoms with E-state index in [9.17, 15) is 4.79 Å². The van der Waals surface area contributed by atoms with Crippen LogP contribution in [0.25, 0.3) is 0 Å². The predicted molar refractivity (Wildman–Crippen MR) is 147 cm³/mol. The van der Waals surface area contributed by atoms with Gasteiger partial charge in [-0.25, -0.2) is 0 Å². The van der Waals surface area contributed by atoms with Gasteiger partial charge in [-0.3, -0.25) is 10.1 Å². The van der Waals surface area contributed by atoms with Crippen LogP contribution in [0.1, 0.15) is 60.3 Å². The second-order valence-electron chi connectivity index (χ2n) is 10.4. The number of amides is 1. The molecule has 2 aliphatic rings. The van der Waals surface area contributed by atoms with E-state index in [1.165, 1.54) is 36.7 Å². The molecule has 3 aromatic rings. The molecule has 1 aliphatic carbocycles. The van der Waals surface area contributed by atoms with E-state index in [0.29, 0.717) is 11.1 Å². The summed E-state index contributed by atoms with van der Waals surface area (Å²) < 4.78 is 17.1. The monoisotopic (exact) mass is 538 g/mol. The van der Waals surface area contributed by atoms with E-state index in [0.717, 1.165) is 43.5 Å². The molecule has 1 unspecified atom stereocenters. The van der Waals surface area contributed by atoms with Crippen LogP contribution in [0, 0.1) is 6.92 Å². The number of hydrogen-bond acceptors (Lipinski definition) is 10. The van der Waals surface area contributed by atoms with Gasteiger partial charge in [0, 0.05) is 12.4 Å². The summed E-state index contributed by atoms with van der Waals surface area (Å²) in [6.07, 6.45) is 4.40. The number of aromatic nitrogens is 3. The number of ether oxygens (including phenoxy) is 3. The molecule has 1 atom stereocenters. The van der Waals surface area contributed by atoms with Crippen molar-refractivity contribution in [2.75, 3.05) is 38.0 Å². The zero-order valence-electron chi connectivity index (χ0n) is 22.7. The van der Waals surface area contributed by atoms with Crippen molar-refractivity contribution < 1.29 is 19.0 Å². The Bertz CT molecular complexity index is 1330. The second kappa shape index (κ2) is 10.4. The fourth-order valence-corrected chi connectivity index (χ4v) is 5.72. The second-order valence-corrected chi connectivity index (χ2v) is 11.2. The van der Waals surface area contributed by atoms with Gasteiger partial charge in [-0.15, -0.1) is 0 Å². The molecule has 0 bridgehead atoms. The van der Waals surface area contributed by atoms with Crippen LogP contribution in [-0.2, 0) is 11.8 Å². The summed E-state index contributed by atoms with van der Waals surface area (Å²) in [5.41, 5.74) is 4.30. The topological polar surface area (TPSA) is 111 Å². The number of methoxy groups -OCH3 is 2. The highest BCUT2D eigenvalue weighted by Crippen LogP contribution is 2.42. The molecule has 5 rings (SSSR count). The van der Waals surface area contributed by atoms with Gasteiger partial charge in [0.15, 0.2) is 5.69 Å². The van der Waals surface area contributed by atoms with Gasteiger partial charge in [0.05, 0.1) is 20.4 Å². The predicted octanol–water partition coefficient (Wildman–Crippen LogP) is 4.67. The lowest BCUT2D eigenvalue weighted by atomic mass is 9.86. The largest absolute Gasteiger partial charge is 0.479 e. The standard InChI is InChI=1S/C27H34N6O4S/c1-15-12-16-9-10-27(2,3)17(16)13-19(15)37-26-29-18(14-38-26)22(34)30-21-23(35-5)31-25(32-24(21)36-6)33(4)20-8-7-11-28-20/h12-14,20,28H,7-11H2,1-6H3,(H,30,34). The SMILES string of the molecule is COc1nc(N(C)C2CCCN2)nc(OC)c1NC(=O)c1csc(Oc2cc3c(cc2C)CCC3(C)C)n1. The molecule has 10 nitrogen and oxygen atoms in total. The van der Waals surface area contributed by atoms with Crippen LogP contribution in [0.15, 0.2) is 17.5 Å². The first kappa shape index (κ1) is 26.2. The average Bonchev–Trinajstić information content (AvgIpc) is 3.66. The maximum absolute atomic E-state index is 13.1. The fourth-order valence-electron chi connectivity index (χ4n) is 5.06. The lowest BCUT2D eigenvalue weighted by molar-refractivity contribution is 0.102. The number of fused-ring (bicyclic) bond motifs is 1. The van der Waals surface area contributed by atoms with Gasteiger partial charge < -0.3 is 24.4 Å². The van der Waals surface area contributed by atoms with Gasteiger partial charge in [0.25, 0.3) is 11.1 Å². The highest BCUT2D eigenvalue weighted by Gasteiger charge is 2.31. The van der Waals surface area contributed by atoms with E-state index in [1.807, 2.05) is 18.9 Å². The van der Waals surface area contributed by atoms with Crippen molar-refractivity contribution in [1.82, 2.24) is 20.3 Å². The highest BCUT2D eigenvalue weighted by atomic mass is 32.1. The highest BCUT2D eigenvalue weighted by molar-refractivity contribution is 7.11. The molecular formula is C27H34N6O4S. The molecule has 11 heteroatoms. The number of carbonyl (C=O) groups excluding carboxylic acids is 1. The zero-order valence-corrected chi connectivity index (χ0v) is 23.5. The van der Waals surface area contributed by atoms with Gasteiger partial charge in [-0.05, 0) is 67.3 Å². The van der Waals surface area contributed by atoms with Crippen molar-refractivity contribution in [2.24, 2.45) is 0 Å². The van der Waals surface area contributed by atoms with Crippen molar-refractivity contribution in [2.45, 2.75) is 58.0 Å². The summed E-state index contributed by atoms with van der Waals surface area (Å²) in [5.74, 6) is 1.16. The third kappa shape index (κ3) is 5.00. The molecule has 2 N–H and O–H groups in total. The molecule has 202 valence electrons. The summed E-state index contributed by atoms with van der Waals surface area (Å²) in [7, 11) is 4.89. The molecule has 1 fully saturated rings. The summed E-state index contributed by atoms with van der Waals surface area (Å²) >= 11 is 1.26. The third-order valence-corrected chi connectivity index (χ3v) is 8.05. The van der Waals surface area contributed by atoms with Crippen LogP contribution in [0.5, 0.6) is 22.7 Å². The summed E-state index contributed by atoms with van der Waals surface area (Å²) in [5, 5.41) is 8.27. The van der Waals surface area contributed by atoms with E-state index in [-0.39, 0.29) is 34.7 Å². The third-order valence-electron chi connectivity index (χ3n) is 7.34. The van der Waals surface area contributed by atoms with Crippen LogP contribution in [0.4, 0.5) is 11.6 Å². The number of rotatable bonds is 8. The van der Waals surface area contributed by atoms with Crippen LogP contribution >= 0.6 is 11.3 Å². The van der Waals surface area contributed by atoms with E-state index >= 15 is 0 Å². The first-order valence-electron chi connectivity index (χ1n) is 12.7. The Labute approximate surface area is 226 Å². The van der Waals surface area contributed by atoms with Gasteiger partial charge in [-0.2, -0.15) is 15.0 Å². The van der Waals surface area contributed by atoms with Gasteiger partial charge in [-0.1, -0.05) is 31.3 Å². The Kier molecular flexibility index (Phi) is 7.15. The molecule has 0 radical (unpaired) electrons. The molecular weight excluding hydrogens is 504 g/mol. The molecule has 2 aromatic heterocycles. The van der Waals surface area contributed by atoms with E-state index in [1.54, 1.807) is 5.38 Å². The molecule has 38 heavy (non-hydrogen) atoms. The number of aryl methyl sites for hydroxylation is 2. The Morgan fingerprint density at radius 2 is 1.92 bits per heavy atom. The van der Waals surface area contributed by atoms with E-state index in [2.05, 4.69) is 51.6 Å². The minimum absolute atomic E-state index is 0.118. The summed E-state index contributed by atoms with van der Waals surface area (Å²) in [6, 6.07) is 4.31. The maximum atomic E-state index is 13.1. The average molecular weight is 539 g/mol. The van der Waals surface area contributed by atoms with Crippen molar-refractivity contribution in [3.05, 3.63) is 39.9 Å². The maximum Gasteiger partial charge on any atom is 0.279 e. The summed E-state index contributed by atoms with van der Waals surface area (Å²) in [4.78, 5) is 28.5. The molecule has 0 saturated carbocycles. The smallest absolute Gasteiger partial charge is 0.279 e. The first-order valence-corrected chi connectivity index (χ1v) is 13.6. The number of carbonyl (C=O) groups is 1. The minimum Gasteiger partial charge on any atom is -0.479 e. The quantitative estimate of drug-likeness (QED) is 0.423. The van der Waals surface area contributed by atoms with Crippen LogP contribution in [0.2, 0.25) is 0 Å². The first-order chi connectivity index (χ1) is 18.2. The lowest BCUT2D eigenvalue weighted by Crippen LogP contribution is -2.40. The van der Waals surface area contributed by atoms with Crippen LogP contribution < -0.4 is 29.7 Å². The van der Waals surface area contributed by atoms with Crippen molar-refractivity contribution in [1.29, 1.82) is 0 Å². The molecule has 1 saturated heterocycles. The molecule has 1 aliphatic heterocycles. The van der Waals surface area contributed by atoms with E-state index in [4.69, 9.17) is 14.2 Å². The van der Waals surface area contributed by atoms with Crippen molar-refractivity contribution >= 4 is 28.9 Å². The molecule has 0 spiro atoms. The number of benzene rings is 1. The number of nitrogens with zero attached hydrogens (tertiary/aromatic N) is 4. The Balaban J connectivity index is 1.34. The fraction of sp³-hybridized carbons (Fsp3) is 0.481. The van der Waals surface area contributed by atoms with Gasteiger partial charge in [0.2, 0.25) is 17.7 Å². The van der Waals surface area contributed by atoms with Crippen molar-refractivity contribution in [3.8, 4) is 22.7 Å². The van der Waals surface area contributed by atoms with Crippen molar-refractivity contribution in [3.63, 3.8) is 0 Å². The number of hydrogen-bond donors (Lipinski definition) is 2. The molecule has 3 heterocycles. The Morgan fingerprint density at radius 3 is 2.58 bits per heavy atom. The lowest BCUT2D eigenvalue weighted by Gasteiger charge is -2.25. The van der Waals surface area contributed by atoms with E-state index < -0.39 is 5.91 Å². The summed E-state index contributed by atoms with van der Waals surface area (Å²) in [6.45, 7) is 7.49. The van der Waals surface area contributed by atoms with Gasteiger partial charge >= 0.3 is 0 Å². The van der Waals surface area contributed by atoms with Crippen LogP contribution in [0.3, 0.4) is 0 Å². The Hall–Kier alpha value is -3.44. The number of nitrogens with one attached hydrogen (secondary N) is 2. The number of anilines is 2.